The van der Waals surface area contributed by atoms with Crippen LogP contribution < -0.4 is 5.32 Å². The van der Waals surface area contributed by atoms with E-state index in [1.165, 1.54) is 21.0 Å². The number of rotatable bonds is 5. The van der Waals surface area contributed by atoms with Crippen LogP contribution in [0.3, 0.4) is 0 Å². The number of benzene rings is 1. The molecule has 0 fully saturated rings. The molecule has 0 atom stereocenters. The molecule has 2 nitrogen and oxygen atoms in total. The van der Waals surface area contributed by atoms with Crippen molar-refractivity contribution in [1.29, 1.82) is 0 Å². The van der Waals surface area contributed by atoms with Gasteiger partial charge in [0, 0.05) is 23.5 Å². The van der Waals surface area contributed by atoms with Gasteiger partial charge in [-0.05, 0) is 36.4 Å². The van der Waals surface area contributed by atoms with E-state index >= 15 is 0 Å². The number of nitrogens with zero attached hydrogens (tertiary/aromatic N) is 1. The van der Waals surface area contributed by atoms with Gasteiger partial charge in [-0.2, -0.15) is 0 Å². The van der Waals surface area contributed by atoms with E-state index in [-0.39, 0.29) is 0 Å². The van der Waals surface area contributed by atoms with Crippen LogP contribution in [0.5, 0.6) is 0 Å². The lowest BCUT2D eigenvalue weighted by Crippen LogP contribution is -2.18. The molecule has 1 aromatic heterocycles. The second-order valence-corrected chi connectivity index (χ2v) is 7.21. The number of nitrogens with one attached hydrogen (secondary N) is 1. The Labute approximate surface area is 125 Å². The largest absolute Gasteiger partial charge is 0.312 e. The topological polar surface area (TPSA) is 24.9 Å². The lowest BCUT2D eigenvalue weighted by atomic mass is 10.1. The van der Waals surface area contributed by atoms with Gasteiger partial charge in [-0.1, -0.05) is 38.1 Å². The van der Waals surface area contributed by atoms with E-state index in [1.807, 2.05) is 11.3 Å². The second kappa shape index (κ2) is 6.06. The Balaban J connectivity index is 1.61. The van der Waals surface area contributed by atoms with Crippen molar-refractivity contribution in [3.8, 4) is 0 Å². The summed E-state index contributed by atoms with van der Waals surface area (Å²) >= 11 is 1.88. The highest BCUT2D eigenvalue weighted by atomic mass is 32.1. The summed E-state index contributed by atoms with van der Waals surface area (Å²) < 4.78 is 0. The molecule has 0 aliphatic heterocycles. The molecule has 2 aromatic rings. The maximum Gasteiger partial charge on any atom is 0.0965 e. The monoisotopic (exact) mass is 286 g/mol. The van der Waals surface area contributed by atoms with Crippen molar-refractivity contribution in [3.63, 3.8) is 0 Å². The summed E-state index contributed by atoms with van der Waals surface area (Å²) in [7, 11) is 0. The molecular formula is C17H22N2S. The molecule has 1 aromatic carbocycles. The third-order valence-corrected chi connectivity index (χ3v) is 4.98. The predicted octanol–water partition coefficient (Wildman–Crippen LogP) is 3.77. The van der Waals surface area contributed by atoms with Gasteiger partial charge in [0.15, 0.2) is 0 Å². The predicted molar refractivity (Wildman–Crippen MR) is 85.2 cm³/mol. The smallest absolute Gasteiger partial charge is 0.0965 e. The Morgan fingerprint density at radius 3 is 2.60 bits per heavy atom. The fraction of sp³-hybridized carbons (Fsp3) is 0.471. The van der Waals surface area contributed by atoms with E-state index in [1.54, 1.807) is 0 Å². The molecule has 1 heterocycles. The first-order valence-corrected chi connectivity index (χ1v) is 8.26. The van der Waals surface area contributed by atoms with Crippen LogP contribution in [0.2, 0.25) is 0 Å². The number of aromatic nitrogens is 1. The highest BCUT2D eigenvalue weighted by Crippen LogP contribution is 2.35. The molecule has 0 unspecified atom stereocenters. The Bertz CT molecular complexity index is 549. The summed E-state index contributed by atoms with van der Waals surface area (Å²) in [5, 5.41) is 4.80. The van der Waals surface area contributed by atoms with Crippen LogP contribution in [-0.4, -0.2) is 11.5 Å². The fourth-order valence-electron chi connectivity index (χ4n) is 2.81. The first-order valence-electron chi connectivity index (χ1n) is 7.44. The minimum absolute atomic E-state index is 0.594. The molecule has 0 saturated heterocycles. The third-order valence-electron chi connectivity index (χ3n) is 3.82. The number of hydrogen-bond acceptors (Lipinski definition) is 3. The van der Waals surface area contributed by atoms with E-state index in [0.29, 0.717) is 11.8 Å². The molecule has 0 amide bonds. The van der Waals surface area contributed by atoms with E-state index in [4.69, 9.17) is 0 Å². The standard InChI is InChI=1S/C17H22N2S/c1-12(2)9-18-10-16-11-19-17(20-16)15-7-13-5-3-4-6-14(13)8-15/h3-6,11-12,15,18H,7-10H2,1-2H3. The van der Waals surface area contributed by atoms with Gasteiger partial charge in [0.2, 0.25) is 0 Å². The molecule has 0 spiro atoms. The fourth-order valence-corrected chi connectivity index (χ4v) is 3.80. The van der Waals surface area contributed by atoms with E-state index in [2.05, 4.69) is 54.6 Å². The van der Waals surface area contributed by atoms with Crippen molar-refractivity contribution in [1.82, 2.24) is 10.3 Å². The Morgan fingerprint density at radius 1 is 1.25 bits per heavy atom. The zero-order valence-corrected chi connectivity index (χ0v) is 13.0. The van der Waals surface area contributed by atoms with Crippen LogP contribution in [0.1, 0.15) is 40.8 Å². The Morgan fingerprint density at radius 2 is 1.95 bits per heavy atom. The first-order chi connectivity index (χ1) is 9.72. The van der Waals surface area contributed by atoms with Gasteiger partial charge in [-0.3, -0.25) is 0 Å². The zero-order valence-electron chi connectivity index (χ0n) is 12.2. The van der Waals surface area contributed by atoms with Crippen LogP contribution in [0.4, 0.5) is 0 Å². The van der Waals surface area contributed by atoms with Gasteiger partial charge in [0.1, 0.15) is 0 Å². The van der Waals surface area contributed by atoms with Crippen molar-refractivity contribution in [2.75, 3.05) is 6.54 Å². The highest BCUT2D eigenvalue weighted by molar-refractivity contribution is 7.11. The van der Waals surface area contributed by atoms with Crippen LogP contribution >= 0.6 is 11.3 Å². The summed E-state index contributed by atoms with van der Waals surface area (Å²) in [6, 6.07) is 8.80. The van der Waals surface area contributed by atoms with Gasteiger partial charge < -0.3 is 5.32 Å². The summed E-state index contributed by atoms with van der Waals surface area (Å²) in [5.41, 5.74) is 3.01. The van der Waals surface area contributed by atoms with Crippen molar-refractivity contribution in [3.05, 3.63) is 51.5 Å². The molecule has 3 rings (SSSR count). The summed E-state index contributed by atoms with van der Waals surface area (Å²) in [6.45, 7) is 6.50. The Hall–Kier alpha value is -1.19. The molecule has 20 heavy (non-hydrogen) atoms. The number of fused-ring (bicyclic) bond motifs is 1. The maximum atomic E-state index is 4.66. The van der Waals surface area contributed by atoms with Crippen molar-refractivity contribution < 1.29 is 0 Å². The Kier molecular flexibility index (Phi) is 4.18. The summed E-state index contributed by atoms with van der Waals surface area (Å²) in [6.07, 6.45) is 4.36. The van der Waals surface area contributed by atoms with Gasteiger partial charge in [0.05, 0.1) is 5.01 Å². The molecular weight excluding hydrogens is 264 g/mol. The maximum absolute atomic E-state index is 4.66. The molecule has 3 heteroatoms. The molecule has 1 aliphatic rings. The average Bonchev–Trinajstić information content (AvgIpc) is 3.03. The van der Waals surface area contributed by atoms with Crippen LogP contribution in [-0.2, 0) is 19.4 Å². The van der Waals surface area contributed by atoms with E-state index in [0.717, 1.165) is 25.9 Å². The molecule has 0 saturated carbocycles. The van der Waals surface area contributed by atoms with Gasteiger partial charge in [-0.15, -0.1) is 11.3 Å². The van der Waals surface area contributed by atoms with Crippen molar-refractivity contribution in [2.24, 2.45) is 5.92 Å². The van der Waals surface area contributed by atoms with Crippen LogP contribution in [0, 0.1) is 5.92 Å². The van der Waals surface area contributed by atoms with Crippen LogP contribution in [0.25, 0.3) is 0 Å². The number of thiazole rings is 1. The molecule has 106 valence electrons. The van der Waals surface area contributed by atoms with Gasteiger partial charge in [0.25, 0.3) is 0 Å². The highest BCUT2D eigenvalue weighted by Gasteiger charge is 2.24. The summed E-state index contributed by atoms with van der Waals surface area (Å²) in [5.74, 6) is 1.29. The first kappa shape index (κ1) is 13.8. The lowest BCUT2D eigenvalue weighted by molar-refractivity contribution is 0.554. The van der Waals surface area contributed by atoms with Crippen molar-refractivity contribution >= 4 is 11.3 Å². The van der Waals surface area contributed by atoms with Crippen molar-refractivity contribution in [2.45, 2.75) is 39.2 Å². The van der Waals surface area contributed by atoms with E-state index in [9.17, 15) is 0 Å². The molecule has 1 N–H and O–H groups in total. The third kappa shape index (κ3) is 3.10. The van der Waals surface area contributed by atoms with E-state index < -0.39 is 0 Å². The summed E-state index contributed by atoms with van der Waals surface area (Å²) in [4.78, 5) is 6.02. The minimum atomic E-state index is 0.594. The molecule has 0 bridgehead atoms. The lowest BCUT2D eigenvalue weighted by Gasteiger charge is -2.05. The van der Waals surface area contributed by atoms with Gasteiger partial charge >= 0.3 is 0 Å². The SMILES string of the molecule is CC(C)CNCc1cnc(C2Cc3ccccc3C2)s1. The quantitative estimate of drug-likeness (QED) is 0.905. The zero-order chi connectivity index (χ0) is 13.9. The second-order valence-electron chi connectivity index (χ2n) is 6.06. The number of hydrogen-bond donors (Lipinski definition) is 1. The normalized spacial score (nSPS) is 14.9. The van der Waals surface area contributed by atoms with Gasteiger partial charge in [-0.25, -0.2) is 4.98 Å². The minimum Gasteiger partial charge on any atom is -0.312 e. The van der Waals surface area contributed by atoms with Crippen LogP contribution in [0.15, 0.2) is 30.5 Å². The molecule has 1 aliphatic carbocycles. The molecule has 0 radical (unpaired) electrons. The average molecular weight is 286 g/mol.